The molecule has 1 fully saturated rings. The fraction of sp³-hybridized carbons (Fsp3) is 0.294. The Morgan fingerprint density at radius 3 is 2.91 bits per heavy atom. The first-order valence-corrected chi connectivity index (χ1v) is 7.24. The number of halogens is 1. The lowest BCUT2D eigenvalue weighted by Crippen LogP contribution is -2.31. The van der Waals surface area contributed by atoms with E-state index in [9.17, 15) is 4.79 Å². The van der Waals surface area contributed by atoms with Gasteiger partial charge in [-0.25, -0.2) is 0 Å². The first-order valence-electron chi connectivity index (χ1n) is 7.24. The molecule has 22 heavy (non-hydrogen) atoms. The van der Waals surface area contributed by atoms with Crippen molar-refractivity contribution < 1.29 is 4.79 Å². The molecule has 1 aromatic heterocycles. The molecule has 1 amide bonds. The van der Waals surface area contributed by atoms with Crippen molar-refractivity contribution >= 4 is 24.0 Å². The minimum absolute atomic E-state index is 0. The molecule has 0 bridgehead atoms. The number of carbonyl (C=O) groups excluding carboxylic acids is 1. The summed E-state index contributed by atoms with van der Waals surface area (Å²) in [7, 11) is 0. The van der Waals surface area contributed by atoms with E-state index in [0.717, 1.165) is 30.5 Å². The first-order chi connectivity index (χ1) is 10.2. The number of rotatable bonds is 2. The van der Waals surface area contributed by atoms with Gasteiger partial charge in [0, 0.05) is 30.2 Å². The molecule has 4 nitrogen and oxygen atoms in total. The van der Waals surface area contributed by atoms with Gasteiger partial charge in [0.2, 0.25) is 0 Å². The molecule has 0 aliphatic carbocycles. The molecular weight excluding hydrogens is 298 g/mol. The Hall–Kier alpha value is -2.07. The molecule has 0 radical (unpaired) electrons. The molecule has 5 heteroatoms. The van der Waals surface area contributed by atoms with Crippen LogP contribution in [0.5, 0.6) is 0 Å². The van der Waals surface area contributed by atoms with Gasteiger partial charge in [0.1, 0.15) is 0 Å². The lowest BCUT2D eigenvalue weighted by atomic mass is 10.0. The van der Waals surface area contributed by atoms with E-state index in [1.165, 1.54) is 0 Å². The van der Waals surface area contributed by atoms with Gasteiger partial charge < -0.3 is 10.6 Å². The van der Waals surface area contributed by atoms with E-state index in [1.54, 1.807) is 12.3 Å². The van der Waals surface area contributed by atoms with E-state index in [0.29, 0.717) is 11.3 Å². The predicted octanol–water partition coefficient (Wildman–Crippen LogP) is 3.37. The third-order valence-corrected chi connectivity index (χ3v) is 4.07. The summed E-state index contributed by atoms with van der Waals surface area (Å²) in [5, 5.41) is 0. The molecule has 1 aromatic carbocycles. The summed E-state index contributed by atoms with van der Waals surface area (Å²) in [6.07, 6.45) is 5.61. The Balaban J connectivity index is 0.00000176. The lowest BCUT2D eigenvalue weighted by molar-refractivity contribution is 0.0735. The van der Waals surface area contributed by atoms with E-state index < -0.39 is 0 Å². The van der Waals surface area contributed by atoms with Gasteiger partial charge >= 0.3 is 0 Å². The number of likely N-dealkylation sites (tertiary alicyclic amines) is 1. The number of aryl methyl sites for hydroxylation is 1. The van der Waals surface area contributed by atoms with Crippen molar-refractivity contribution in [3.63, 3.8) is 0 Å². The largest absolute Gasteiger partial charge is 0.399 e. The molecule has 1 aliphatic heterocycles. The summed E-state index contributed by atoms with van der Waals surface area (Å²) in [4.78, 5) is 19.0. The predicted molar refractivity (Wildman–Crippen MR) is 90.1 cm³/mol. The van der Waals surface area contributed by atoms with Crippen LogP contribution in [0.1, 0.15) is 40.4 Å². The highest BCUT2D eigenvalue weighted by molar-refractivity contribution is 5.97. The second kappa shape index (κ2) is 6.79. The third-order valence-electron chi connectivity index (χ3n) is 4.07. The molecule has 116 valence electrons. The molecular formula is C17H20ClN3O. The van der Waals surface area contributed by atoms with Crippen LogP contribution < -0.4 is 5.73 Å². The maximum absolute atomic E-state index is 12.9. The molecule has 3 rings (SSSR count). The van der Waals surface area contributed by atoms with Crippen LogP contribution in [-0.4, -0.2) is 22.3 Å². The Morgan fingerprint density at radius 1 is 1.36 bits per heavy atom. The zero-order valence-electron chi connectivity index (χ0n) is 12.5. The zero-order valence-corrected chi connectivity index (χ0v) is 13.3. The molecule has 1 saturated heterocycles. The number of pyridine rings is 1. The van der Waals surface area contributed by atoms with Crippen LogP contribution in [0.25, 0.3) is 0 Å². The Kier molecular flexibility index (Phi) is 5.03. The van der Waals surface area contributed by atoms with E-state index in [2.05, 4.69) is 4.98 Å². The minimum atomic E-state index is 0. The molecule has 2 heterocycles. The Bertz CT molecular complexity index is 660. The lowest BCUT2D eigenvalue weighted by Gasteiger charge is -2.25. The van der Waals surface area contributed by atoms with Crippen LogP contribution in [-0.2, 0) is 0 Å². The summed E-state index contributed by atoms with van der Waals surface area (Å²) < 4.78 is 0. The van der Waals surface area contributed by atoms with Crippen molar-refractivity contribution in [1.82, 2.24) is 9.88 Å². The molecule has 1 unspecified atom stereocenters. The number of hydrogen-bond acceptors (Lipinski definition) is 3. The minimum Gasteiger partial charge on any atom is -0.399 e. The van der Waals surface area contributed by atoms with E-state index in [-0.39, 0.29) is 24.4 Å². The summed E-state index contributed by atoms with van der Waals surface area (Å²) in [5.41, 5.74) is 9.22. The van der Waals surface area contributed by atoms with E-state index >= 15 is 0 Å². The van der Waals surface area contributed by atoms with E-state index in [4.69, 9.17) is 5.73 Å². The molecule has 0 spiro atoms. The van der Waals surface area contributed by atoms with Gasteiger partial charge in [-0.15, -0.1) is 12.4 Å². The van der Waals surface area contributed by atoms with Gasteiger partial charge in [-0.2, -0.15) is 0 Å². The number of benzene rings is 1. The fourth-order valence-corrected chi connectivity index (χ4v) is 2.95. The summed E-state index contributed by atoms with van der Waals surface area (Å²) in [6.45, 7) is 2.73. The number of anilines is 1. The van der Waals surface area contributed by atoms with Crippen LogP contribution in [0.3, 0.4) is 0 Å². The smallest absolute Gasteiger partial charge is 0.254 e. The first kappa shape index (κ1) is 16.3. The molecule has 0 saturated carbocycles. The van der Waals surface area contributed by atoms with Crippen molar-refractivity contribution in [1.29, 1.82) is 0 Å². The van der Waals surface area contributed by atoms with Crippen LogP contribution in [0, 0.1) is 6.92 Å². The monoisotopic (exact) mass is 317 g/mol. The van der Waals surface area contributed by atoms with Crippen molar-refractivity contribution in [2.75, 3.05) is 12.3 Å². The third kappa shape index (κ3) is 3.07. The molecule has 2 aromatic rings. The zero-order chi connectivity index (χ0) is 14.8. The molecule has 1 atom stereocenters. The van der Waals surface area contributed by atoms with Crippen molar-refractivity contribution in [3.8, 4) is 0 Å². The Morgan fingerprint density at radius 2 is 2.18 bits per heavy atom. The second-order valence-electron chi connectivity index (χ2n) is 5.52. The average Bonchev–Trinajstić information content (AvgIpc) is 2.99. The molecule has 1 aliphatic rings. The number of nitrogens with zero attached hydrogens (tertiary/aromatic N) is 2. The van der Waals surface area contributed by atoms with Crippen LogP contribution in [0.4, 0.5) is 5.69 Å². The average molecular weight is 318 g/mol. The van der Waals surface area contributed by atoms with Crippen LogP contribution >= 0.6 is 12.4 Å². The number of nitrogens with two attached hydrogens (primary N) is 1. The van der Waals surface area contributed by atoms with Crippen molar-refractivity contribution in [3.05, 3.63) is 59.4 Å². The number of aromatic nitrogens is 1. The Labute approximate surface area is 136 Å². The summed E-state index contributed by atoms with van der Waals surface area (Å²) in [5.74, 6) is 0.0613. The fourth-order valence-electron chi connectivity index (χ4n) is 2.95. The van der Waals surface area contributed by atoms with Crippen LogP contribution in [0.2, 0.25) is 0 Å². The van der Waals surface area contributed by atoms with Gasteiger partial charge in [0.25, 0.3) is 5.91 Å². The van der Waals surface area contributed by atoms with E-state index in [1.807, 2.05) is 42.3 Å². The second-order valence-corrected chi connectivity index (χ2v) is 5.52. The normalized spacial score (nSPS) is 17.1. The highest BCUT2D eigenvalue weighted by Crippen LogP contribution is 2.33. The van der Waals surface area contributed by atoms with Gasteiger partial charge in [-0.3, -0.25) is 9.78 Å². The standard InChI is InChI=1S/C17H19N3O.ClH/c1-12-6-7-14(18)10-15(12)17(21)20-9-3-5-16(20)13-4-2-8-19-11-13;/h2,4,6-8,10-11,16H,3,5,9,18H2,1H3;1H. The maximum atomic E-state index is 12.9. The number of nitrogen functional groups attached to an aromatic ring is 1. The quantitative estimate of drug-likeness (QED) is 0.864. The highest BCUT2D eigenvalue weighted by atomic mass is 35.5. The number of hydrogen-bond donors (Lipinski definition) is 1. The summed E-state index contributed by atoms with van der Waals surface area (Å²) >= 11 is 0. The summed E-state index contributed by atoms with van der Waals surface area (Å²) in [6, 6.07) is 9.58. The van der Waals surface area contributed by atoms with Crippen molar-refractivity contribution in [2.45, 2.75) is 25.8 Å². The van der Waals surface area contributed by atoms with Crippen LogP contribution in [0.15, 0.2) is 42.7 Å². The number of carbonyl (C=O) groups is 1. The molecule has 2 N–H and O–H groups in total. The topological polar surface area (TPSA) is 59.2 Å². The van der Waals surface area contributed by atoms with Crippen molar-refractivity contribution in [2.24, 2.45) is 0 Å². The van der Waals surface area contributed by atoms with Gasteiger partial charge in [-0.1, -0.05) is 12.1 Å². The van der Waals surface area contributed by atoms with Gasteiger partial charge in [-0.05, 0) is 49.1 Å². The highest BCUT2D eigenvalue weighted by Gasteiger charge is 2.31. The van der Waals surface area contributed by atoms with Gasteiger partial charge in [0.05, 0.1) is 6.04 Å². The SMILES string of the molecule is Cc1ccc(N)cc1C(=O)N1CCCC1c1cccnc1.Cl. The van der Waals surface area contributed by atoms with Gasteiger partial charge in [0.15, 0.2) is 0 Å². The number of amides is 1. The maximum Gasteiger partial charge on any atom is 0.254 e.